The molecule has 0 spiro atoms. The number of carbonyl (C=O) groups is 3. The van der Waals surface area contributed by atoms with Crippen molar-refractivity contribution in [3.8, 4) is 5.69 Å². The molecule has 0 atom stereocenters. The zero-order valence-electron chi connectivity index (χ0n) is 22.0. The lowest BCUT2D eigenvalue weighted by molar-refractivity contribution is 0.0687. The molecule has 40 heavy (non-hydrogen) atoms. The smallest absolute Gasteiger partial charge is 0.352 e. The number of aromatic amines is 1. The van der Waals surface area contributed by atoms with E-state index in [9.17, 15) is 27.9 Å². The molecule has 1 saturated heterocycles. The predicted molar refractivity (Wildman–Crippen MR) is 146 cm³/mol. The topological polar surface area (TPSA) is 187 Å². The maximum atomic E-state index is 13.6. The number of sulfonamides is 1. The first-order chi connectivity index (χ1) is 18.9. The first-order valence-corrected chi connectivity index (χ1v) is 14.4. The molecule has 0 aliphatic carbocycles. The van der Waals surface area contributed by atoms with Crippen molar-refractivity contribution in [3.63, 3.8) is 0 Å². The normalized spacial score (nSPS) is 16.5. The lowest BCUT2D eigenvalue weighted by atomic mass is 10.0. The first-order valence-electron chi connectivity index (χ1n) is 12.6. The molecule has 5 rings (SSSR count). The largest absolute Gasteiger partial charge is 0.477 e. The van der Waals surface area contributed by atoms with Gasteiger partial charge in [0.1, 0.15) is 5.69 Å². The van der Waals surface area contributed by atoms with E-state index in [4.69, 9.17) is 5.73 Å². The average Bonchev–Trinajstić information content (AvgIpc) is 3.55. The van der Waals surface area contributed by atoms with Gasteiger partial charge in [-0.1, -0.05) is 0 Å². The number of likely N-dealkylation sites (N-methyl/N-ethyl adjacent to an activating group) is 1. The summed E-state index contributed by atoms with van der Waals surface area (Å²) in [5.41, 5.74) is 7.79. The highest BCUT2D eigenvalue weighted by Crippen LogP contribution is 2.32. The Bertz CT molecular complexity index is 1600. The molecular weight excluding hydrogens is 540 g/mol. The van der Waals surface area contributed by atoms with Crippen LogP contribution in [0.15, 0.2) is 30.5 Å². The van der Waals surface area contributed by atoms with Gasteiger partial charge in [0.05, 0.1) is 28.8 Å². The van der Waals surface area contributed by atoms with E-state index in [1.54, 1.807) is 12.3 Å². The SMILES string of the molecule is CN1CCN(c2cc(C(N)=O)c(C(=O)Nc3n[nH]c4c3CN(S(C)(=O)=O)CC4)cc2-n2cccc2C(=O)O)CC1. The molecule has 5 N–H and O–H groups in total. The highest BCUT2D eigenvalue weighted by molar-refractivity contribution is 7.88. The highest BCUT2D eigenvalue weighted by Gasteiger charge is 2.30. The van der Waals surface area contributed by atoms with Crippen LogP contribution in [0.5, 0.6) is 0 Å². The van der Waals surface area contributed by atoms with Gasteiger partial charge in [-0.05, 0) is 31.3 Å². The van der Waals surface area contributed by atoms with Crippen molar-refractivity contribution < 1.29 is 27.9 Å². The van der Waals surface area contributed by atoms with Crippen LogP contribution in [0.1, 0.15) is 42.5 Å². The van der Waals surface area contributed by atoms with Gasteiger partial charge in [0.25, 0.3) is 5.91 Å². The number of aromatic carboxylic acids is 1. The van der Waals surface area contributed by atoms with Crippen LogP contribution in [-0.4, -0.2) is 101 Å². The number of fused-ring (bicyclic) bond motifs is 1. The van der Waals surface area contributed by atoms with Gasteiger partial charge in [-0.15, -0.1) is 0 Å². The van der Waals surface area contributed by atoms with Gasteiger partial charge in [-0.3, -0.25) is 14.7 Å². The molecule has 2 aromatic heterocycles. The molecule has 2 amide bonds. The fourth-order valence-electron chi connectivity index (χ4n) is 5.06. The van der Waals surface area contributed by atoms with Crippen LogP contribution in [0.3, 0.4) is 0 Å². The van der Waals surface area contributed by atoms with Crippen molar-refractivity contribution in [2.75, 3.05) is 56.2 Å². The van der Waals surface area contributed by atoms with Gasteiger partial charge in [0, 0.05) is 63.1 Å². The fourth-order valence-corrected chi connectivity index (χ4v) is 5.85. The number of carbonyl (C=O) groups excluding carboxylic acids is 2. The molecule has 4 heterocycles. The van der Waals surface area contributed by atoms with Gasteiger partial charge in [-0.25, -0.2) is 13.2 Å². The number of nitrogens with zero attached hydrogens (tertiary/aromatic N) is 5. The third kappa shape index (κ3) is 5.17. The maximum absolute atomic E-state index is 13.6. The number of anilines is 2. The molecule has 212 valence electrons. The third-order valence-corrected chi connectivity index (χ3v) is 8.55. The summed E-state index contributed by atoms with van der Waals surface area (Å²) in [7, 11) is -1.47. The quantitative estimate of drug-likeness (QED) is 0.310. The van der Waals surface area contributed by atoms with Crippen LogP contribution < -0.4 is 16.0 Å². The van der Waals surface area contributed by atoms with E-state index >= 15 is 0 Å². The van der Waals surface area contributed by atoms with Crippen molar-refractivity contribution in [1.82, 2.24) is 24.0 Å². The molecule has 3 aromatic rings. The van der Waals surface area contributed by atoms with Crippen LogP contribution in [0.4, 0.5) is 11.5 Å². The zero-order chi connectivity index (χ0) is 28.8. The van der Waals surface area contributed by atoms with Gasteiger partial charge in [0.15, 0.2) is 5.82 Å². The van der Waals surface area contributed by atoms with E-state index in [0.29, 0.717) is 42.1 Å². The number of primary amides is 1. The number of carboxylic acid groups (broad SMARTS) is 1. The van der Waals surface area contributed by atoms with E-state index < -0.39 is 27.8 Å². The summed E-state index contributed by atoms with van der Waals surface area (Å²) in [6.45, 7) is 3.05. The summed E-state index contributed by atoms with van der Waals surface area (Å²) in [5.74, 6) is -2.54. The van der Waals surface area contributed by atoms with Gasteiger partial charge in [0.2, 0.25) is 15.9 Å². The molecule has 2 aliphatic heterocycles. The minimum absolute atomic E-state index is 0.0178. The molecule has 14 nitrogen and oxygen atoms in total. The van der Waals surface area contributed by atoms with Gasteiger partial charge in [-0.2, -0.15) is 9.40 Å². The maximum Gasteiger partial charge on any atom is 0.352 e. The first kappa shape index (κ1) is 27.4. The number of amides is 2. The summed E-state index contributed by atoms with van der Waals surface area (Å²) in [4.78, 5) is 42.4. The van der Waals surface area contributed by atoms with Crippen LogP contribution in [0.25, 0.3) is 5.69 Å². The Morgan fingerprint density at radius 2 is 1.77 bits per heavy atom. The molecule has 0 saturated carbocycles. The standard InChI is InChI=1S/C25H30N8O6S/c1-30-8-10-31(11-9-30)20-12-15(22(26)34)16(13-21(20)33-6-3-4-19(33)25(36)37)24(35)27-23-17-14-32(40(2,38)39)7-5-18(17)28-29-23/h3-4,6,12-13H,5,7-11,14H2,1-2H3,(H2,26,34)(H,36,37)(H2,27,28,29,35). The Hall–Kier alpha value is -4.21. The number of hydrogen-bond acceptors (Lipinski definition) is 8. The zero-order valence-corrected chi connectivity index (χ0v) is 22.9. The van der Waals surface area contributed by atoms with Crippen molar-refractivity contribution in [2.45, 2.75) is 13.0 Å². The second kappa shape index (κ2) is 10.4. The number of benzene rings is 1. The Labute approximate surface area is 230 Å². The number of aromatic nitrogens is 3. The number of H-pyrrole nitrogens is 1. The molecule has 1 fully saturated rings. The van der Waals surface area contributed by atoms with Crippen LogP contribution >= 0.6 is 0 Å². The Kier molecular flexibility index (Phi) is 7.12. The second-order valence-electron chi connectivity index (χ2n) is 9.94. The fraction of sp³-hybridized carbons (Fsp3) is 0.360. The van der Waals surface area contributed by atoms with E-state index in [1.165, 1.54) is 27.1 Å². The van der Waals surface area contributed by atoms with E-state index in [1.807, 2.05) is 11.9 Å². The van der Waals surface area contributed by atoms with Gasteiger partial charge < -0.3 is 30.5 Å². The lowest BCUT2D eigenvalue weighted by Gasteiger charge is -2.35. The minimum Gasteiger partial charge on any atom is -0.477 e. The van der Waals surface area contributed by atoms with E-state index in [-0.39, 0.29) is 35.7 Å². The summed E-state index contributed by atoms with van der Waals surface area (Å²) >= 11 is 0. The van der Waals surface area contributed by atoms with Crippen LogP contribution in [0.2, 0.25) is 0 Å². The van der Waals surface area contributed by atoms with Gasteiger partial charge >= 0.3 is 5.97 Å². The number of nitrogens with two attached hydrogens (primary N) is 1. The number of carboxylic acids is 1. The van der Waals surface area contributed by atoms with E-state index in [0.717, 1.165) is 19.3 Å². The molecule has 1 aromatic carbocycles. The Morgan fingerprint density at radius 3 is 2.42 bits per heavy atom. The average molecular weight is 571 g/mol. The molecule has 0 radical (unpaired) electrons. The Balaban J connectivity index is 1.58. The number of hydrogen-bond donors (Lipinski definition) is 4. The highest BCUT2D eigenvalue weighted by atomic mass is 32.2. The van der Waals surface area contributed by atoms with Crippen molar-refractivity contribution >= 4 is 39.3 Å². The summed E-state index contributed by atoms with van der Waals surface area (Å²) < 4.78 is 27.0. The molecular formula is C25H30N8O6S. The van der Waals surface area contributed by atoms with Crippen molar-refractivity contribution in [1.29, 1.82) is 0 Å². The predicted octanol–water partition coefficient (Wildman–Crippen LogP) is 0.319. The summed E-state index contributed by atoms with van der Waals surface area (Å²) in [6, 6.07) is 6.01. The third-order valence-electron chi connectivity index (χ3n) is 7.30. The minimum atomic E-state index is -3.46. The molecule has 15 heteroatoms. The molecule has 0 bridgehead atoms. The van der Waals surface area contributed by atoms with Crippen LogP contribution in [-0.2, 0) is 23.0 Å². The van der Waals surface area contributed by atoms with E-state index in [2.05, 4.69) is 20.4 Å². The molecule has 0 unspecified atom stereocenters. The summed E-state index contributed by atoms with van der Waals surface area (Å²) in [5, 5.41) is 19.5. The van der Waals surface area contributed by atoms with Crippen molar-refractivity contribution in [2.24, 2.45) is 5.73 Å². The second-order valence-corrected chi connectivity index (χ2v) is 11.9. The number of rotatable bonds is 7. The van der Waals surface area contributed by atoms with Crippen molar-refractivity contribution in [3.05, 3.63) is 58.5 Å². The monoisotopic (exact) mass is 570 g/mol. The Morgan fingerprint density at radius 1 is 1.07 bits per heavy atom. The van der Waals surface area contributed by atoms with Crippen LogP contribution in [0, 0.1) is 0 Å². The number of piperazine rings is 1. The summed E-state index contributed by atoms with van der Waals surface area (Å²) in [6.07, 6.45) is 3.09. The number of nitrogens with one attached hydrogen (secondary N) is 2. The molecule has 2 aliphatic rings. The lowest BCUT2D eigenvalue weighted by Crippen LogP contribution is -2.45.